The molecule has 0 unspecified atom stereocenters. The summed E-state index contributed by atoms with van der Waals surface area (Å²) >= 11 is 1.02. The SMILES string of the molecule is CCc1nsc(NC(=O)Oc2ccccc2)c1C(=O)OC. The number of anilines is 1. The van der Waals surface area contributed by atoms with Crippen molar-refractivity contribution in [2.45, 2.75) is 13.3 Å². The number of hydrogen-bond acceptors (Lipinski definition) is 6. The Balaban J connectivity index is 2.14. The largest absolute Gasteiger partial charge is 0.465 e. The number of para-hydroxylation sites is 1. The van der Waals surface area contributed by atoms with Gasteiger partial charge in [0.2, 0.25) is 0 Å². The topological polar surface area (TPSA) is 77.5 Å². The van der Waals surface area contributed by atoms with E-state index in [1.807, 2.05) is 13.0 Å². The van der Waals surface area contributed by atoms with Crippen LogP contribution in [-0.4, -0.2) is 23.5 Å². The van der Waals surface area contributed by atoms with Crippen LogP contribution in [0.5, 0.6) is 5.75 Å². The normalized spacial score (nSPS) is 10.0. The van der Waals surface area contributed by atoms with Gasteiger partial charge in [0.25, 0.3) is 0 Å². The lowest BCUT2D eigenvalue weighted by Crippen LogP contribution is -2.18. The van der Waals surface area contributed by atoms with E-state index in [0.717, 1.165) is 11.5 Å². The summed E-state index contributed by atoms with van der Waals surface area (Å²) in [6, 6.07) is 8.64. The van der Waals surface area contributed by atoms with Gasteiger partial charge in [-0.3, -0.25) is 5.32 Å². The maximum absolute atomic E-state index is 11.8. The smallest absolute Gasteiger partial charge is 0.417 e. The van der Waals surface area contributed by atoms with Crippen LogP contribution >= 0.6 is 11.5 Å². The van der Waals surface area contributed by atoms with Gasteiger partial charge in [-0.1, -0.05) is 25.1 Å². The van der Waals surface area contributed by atoms with E-state index in [9.17, 15) is 9.59 Å². The molecule has 2 rings (SSSR count). The Morgan fingerprint density at radius 3 is 2.62 bits per heavy atom. The van der Waals surface area contributed by atoms with Crippen molar-refractivity contribution in [1.29, 1.82) is 0 Å². The minimum Gasteiger partial charge on any atom is -0.465 e. The van der Waals surface area contributed by atoms with E-state index in [0.29, 0.717) is 22.9 Å². The van der Waals surface area contributed by atoms with Gasteiger partial charge in [0.1, 0.15) is 16.3 Å². The van der Waals surface area contributed by atoms with Crippen LogP contribution in [0.4, 0.5) is 9.80 Å². The van der Waals surface area contributed by atoms with Crippen molar-refractivity contribution in [2.24, 2.45) is 0 Å². The quantitative estimate of drug-likeness (QED) is 0.878. The average molecular weight is 306 g/mol. The number of nitrogens with one attached hydrogen (secondary N) is 1. The number of hydrogen-bond donors (Lipinski definition) is 1. The Bertz CT molecular complexity index is 640. The molecule has 21 heavy (non-hydrogen) atoms. The third-order valence-corrected chi connectivity index (χ3v) is 3.46. The van der Waals surface area contributed by atoms with Gasteiger partial charge in [0, 0.05) is 0 Å². The van der Waals surface area contributed by atoms with E-state index in [1.54, 1.807) is 24.3 Å². The number of carbonyl (C=O) groups excluding carboxylic acids is 2. The molecule has 1 aromatic carbocycles. The second-order valence-corrected chi connectivity index (χ2v) is 4.78. The second kappa shape index (κ2) is 6.85. The fourth-order valence-electron chi connectivity index (χ4n) is 1.68. The van der Waals surface area contributed by atoms with E-state index >= 15 is 0 Å². The van der Waals surface area contributed by atoms with Crippen LogP contribution in [0.3, 0.4) is 0 Å². The molecule has 1 aromatic heterocycles. The van der Waals surface area contributed by atoms with Crippen molar-refractivity contribution in [1.82, 2.24) is 4.37 Å². The first-order valence-electron chi connectivity index (χ1n) is 6.26. The molecule has 1 amide bonds. The molecule has 2 aromatic rings. The molecule has 1 heterocycles. The Morgan fingerprint density at radius 2 is 2.00 bits per heavy atom. The van der Waals surface area contributed by atoms with E-state index in [4.69, 9.17) is 9.47 Å². The average Bonchev–Trinajstić information content (AvgIpc) is 2.90. The lowest BCUT2D eigenvalue weighted by atomic mass is 10.2. The summed E-state index contributed by atoms with van der Waals surface area (Å²) < 4.78 is 14.0. The van der Waals surface area contributed by atoms with Crippen molar-refractivity contribution < 1.29 is 19.1 Å². The number of rotatable bonds is 4. The molecule has 110 valence electrons. The number of ether oxygens (including phenoxy) is 2. The molecule has 1 N–H and O–H groups in total. The summed E-state index contributed by atoms with van der Waals surface area (Å²) in [6.07, 6.45) is -0.117. The minimum atomic E-state index is -0.683. The van der Waals surface area contributed by atoms with Gasteiger partial charge < -0.3 is 9.47 Å². The lowest BCUT2D eigenvalue weighted by molar-refractivity contribution is 0.0601. The highest BCUT2D eigenvalue weighted by Gasteiger charge is 2.22. The molecule has 0 saturated carbocycles. The number of benzene rings is 1. The molecule has 0 spiro atoms. The first-order valence-corrected chi connectivity index (χ1v) is 7.03. The molecule has 0 radical (unpaired) electrons. The van der Waals surface area contributed by atoms with E-state index in [-0.39, 0.29) is 5.56 Å². The predicted molar refractivity (Wildman–Crippen MR) is 78.9 cm³/mol. The predicted octanol–water partition coefficient (Wildman–Crippen LogP) is 3.10. The summed E-state index contributed by atoms with van der Waals surface area (Å²) in [4.78, 5) is 23.6. The third kappa shape index (κ3) is 3.57. The Morgan fingerprint density at radius 1 is 1.29 bits per heavy atom. The lowest BCUT2D eigenvalue weighted by Gasteiger charge is -2.06. The third-order valence-electron chi connectivity index (χ3n) is 2.66. The number of amides is 1. The minimum absolute atomic E-state index is 0.273. The highest BCUT2D eigenvalue weighted by Crippen LogP contribution is 2.26. The molecule has 0 fully saturated rings. The van der Waals surface area contributed by atoms with Crippen LogP contribution in [0.25, 0.3) is 0 Å². The molecule has 0 aliphatic heterocycles. The van der Waals surface area contributed by atoms with E-state index < -0.39 is 12.1 Å². The molecule has 0 aliphatic carbocycles. The van der Waals surface area contributed by atoms with Crippen LogP contribution in [0, 0.1) is 0 Å². The summed E-state index contributed by atoms with van der Waals surface area (Å²) in [5.74, 6) is -0.120. The fourth-order valence-corrected chi connectivity index (χ4v) is 2.52. The number of aryl methyl sites for hydroxylation is 1. The van der Waals surface area contributed by atoms with Crippen LogP contribution in [0.2, 0.25) is 0 Å². The van der Waals surface area contributed by atoms with Crippen molar-refractivity contribution >= 4 is 28.6 Å². The summed E-state index contributed by atoms with van der Waals surface area (Å²) in [5, 5.41) is 2.84. The molecule has 0 saturated heterocycles. The van der Waals surface area contributed by atoms with Crippen molar-refractivity contribution in [3.05, 3.63) is 41.6 Å². The van der Waals surface area contributed by atoms with Crippen molar-refractivity contribution in [3.8, 4) is 5.75 Å². The first kappa shape index (κ1) is 15.0. The summed E-state index contributed by atoms with van der Waals surface area (Å²) in [6.45, 7) is 1.87. The van der Waals surface area contributed by atoms with Gasteiger partial charge in [-0.25, -0.2) is 9.59 Å². The highest BCUT2D eigenvalue weighted by atomic mass is 32.1. The molecule has 0 atom stereocenters. The second-order valence-electron chi connectivity index (χ2n) is 4.01. The van der Waals surface area contributed by atoms with Gasteiger partial charge in [-0.15, -0.1) is 0 Å². The fraction of sp³-hybridized carbons (Fsp3) is 0.214. The van der Waals surface area contributed by atoms with Gasteiger partial charge in [-0.2, -0.15) is 4.37 Å². The zero-order chi connectivity index (χ0) is 15.2. The number of methoxy groups -OCH3 is 1. The maximum atomic E-state index is 11.8. The molecule has 6 nitrogen and oxygen atoms in total. The maximum Gasteiger partial charge on any atom is 0.417 e. The number of nitrogens with zero attached hydrogens (tertiary/aromatic N) is 1. The molecular formula is C14H14N2O4S. The molecular weight excluding hydrogens is 292 g/mol. The van der Waals surface area contributed by atoms with Gasteiger partial charge in [0.15, 0.2) is 0 Å². The summed E-state index contributed by atoms with van der Waals surface area (Å²) in [5.41, 5.74) is 0.858. The van der Waals surface area contributed by atoms with Gasteiger partial charge in [-0.05, 0) is 30.1 Å². The molecule has 0 aliphatic rings. The summed E-state index contributed by atoms with van der Waals surface area (Å²) in [7, 11) is 1.28. The van der Waals surface area contributed by atoms with Crippen LogP contribution in [-0.2, 0) is 11.2 Å². The number of carbonyl (C=O) groups is 2. The number of aromatic nitrogens is 1. The zero-order valence-electron chi connectivity index (χ0n) is 11.6. The zero-order valence-corrected chi connectivity index (χ0v) is 12.4. The van der Waals surface area contributed by atoms with E-state index in [1.165, 1.54) is 7.11 Å². The standard InChI is InChI=1S/C14H14N2O4S/c1-3-10-11(13(17)19-2)12(21-16-10)15-14(18)20-9-7-5-4-6-8-9/h4-8H,3H2,1-2H3,(H,15,18). The van der Waals surface area contributed by atoms with Crippen molar-refractivity contribution in [2.75, 3.05) is 12.4 Å². The highest BCUT2D eigenvalue weighted by molar-refractivity contribution is 7.11. The Kier molecular flexibility index (Phi) is 4.89. The molecule has 7 heteroatoms. The van der Waals surface area contributed by atoms with E-state index in [2.05, 4.69) is 9.69 Å². The Hall–Kier alpha value is -2.41. The Labute approximate surface area is 125 Å². The van der Waals surface area contributed by atoms with Gasteiger partial charge >= 0.3 is 12.1 Å². The molecule has 0 bridgehead atoms. The van der Waals surface area contributed by atoms with Crippen LogP contribution in [0.1, 0.15) is 23.0 Å². The van der Waals surface area contributed by atoms with Crippen molar-refractivity contribution in [3.63, 3.8) is 0 Å². The van der Waals surface area contributed by atoms with Crippen LogP contribution < -0.4 is 10.1 Å². The van der Waals surface area contributed by atoms with Gasteiger partial charge in [0.05, 0.1) is 12.8 Å². The van der Waals surface area contributed by atoms with Crippen LogP contribution in [0.15, 0.2) is 30.3 Å². The number of esters is 1. The first-order chi connectivity index (χ1) is 10.2. The monoisotopic (exact) mass is 306 g/mol.